The van der Waals surface area contributed by atoms with Crippen LogP contribution >= 0.6 is 0 Å². The van der Waals surface area contributed by atoms with E-state index in [1.54, 1.807) is 0 Å². The molecule has 0 bridgehead atoms. The van der Waals surface area contributed by atoms with Gasteiger partial charge in [0.1, 0.15) is 42.5 Å². The van der Waals surface area contributed by atoms with E-state index in [0.717, 1.165) is 0 Å². The van der Waals surface area contributed by atoms with Crippen LogP contribution in [0.1, 0.15) is 13.8 Å². The number of carboxylic acid groups (broad SMARTS) is 1. The van der Waals surface area contributed by atoms with Crippen molar-refractivity contribution in [3.63, 3.8) is 0 Å². The average molecular weight is 381 g/mol. The standard InChI is InChI=1S/C15H27NO10/c1-15(2,5-18)12(22)13(23)16-3-6(14(24)25)11-10(21)9(20)8(19)7(4-17)26-11/h6-12,17-22H,3-5H2,1-2H3,(H,16,23)(H,24,25)/t6?,7-,8-,9+,10-,11?,12?/m1/s1. The van der Waals surface area contributed by atoms with Gasteiger partial charge < -0.3 is 45.8 Å². The lowest BCUT2D eigenvalue weighted by molar-refractivity contribution is -0.241. The van der Waals surface area contributed by atoms with Gasteiger partial charge in [-0.15, -0.1) is 0 Å². The number of hydrogen-bond acceptors (Lipinski definition) is 9. The van der Waals surface area contributed by atoms with Crippen LogP contribution in [0, 0.1) is 11.3 Å². The van der Waals surface area contributed by atoms with Crippen molar-refractivity contribution in [2.75, 3.05) is 19.8 Å². The number of aliphatic hydroxyl groups is 6. The average Bonchev–Trinajstić information content (AvgIpc) is 2.60. The smallest absolute Gasteiger partial charge is 0.311 e. The number of carboxylic acids is 1. The quantitative estimate of drug-likeness (QED) is 0.205. The van der Waals surface area contributed by atoms with E-state index in [4.69, 9.17) is 14.9 Å². The van der Waals surface area contributed by atoms with E-state index < -0.39 is 79.6 Å². The summed E-state index contributed by atoms with van der Waals surface area (Å²) in [5.74, 6) is -3.93. The van der Waals surface area contributed by atoms with Crippen molar-refractivity contribution < 1.29 is 50.1 Å². The first-order valence-corrected chi connectivity index (χ1v) is 8.07. The van der Waals surface area contributed by atoms with E-state index in [1.165, 1.54) is 13.8 Å². The number of aliphatic hydroxyl groups excluding tert-OH is 6. The van der Waals surface area contributed by atoms with Crippen LogP contribution in [0.2, 0.25) is 0 Å². The Morgan fingerprint density at radius 2 is 1.69 bits per heavy atom. The molecule has 1 amide bonds. The number of nitrogens with one attached hydrogen (secondary N) is 1. The summed E-state index contributed by atoms with van der Waals surface area (Å²) in [5.41, 5.74) is -1.16. The zero-order valence-corrected chi connectivity index (χ0v) is 14.5. The fraction of sp³-hybridized carbons (Fsp3) is 0.867. The molecule has 11 heteroatoms. The maximum atomic E-state index is 12.0. The highest BCUT2D eigenvalue weighted by Crippen LogP contribution is 2.26. The molecule has 11 nitrogen and oxygen atoms in total. The predicted octanol–water partition coefficient (Wildman–Crippen LogP) is -3.97. The Hall–Kier alpha value is -1.34. The van der Waals surface area contributed by atoms with Gasteiger partial charge in [-0.05, 0) is 0 Å². The van der Waals surface area contributed by atoms with Crippen LogP contribution in [-0.4, -0.2) is 104 Å². The molecular formula is C15H27NO10. The lowest BCUT2D eigenvalue weighted by Gasteiger charge is -2.42. The summed E-state index contributed by atoms with van der Waals surface area (Å²) in [4.78, 5) is 23.5. The maximum Gasteiger partial charge on any atom is 0.311 e. The van der Waals surface area contributed by atoms with Crippen molar-refractivity contribution in [2.45, 2.75) is 50.5 Å². The van der Waals surface area contributed by atoms with Gasteiger partial charge in [0.25, 0.3) is 0 Å². The highest BCUT2D eigenvalue weighted by atomic mass is 16.5. The van der Waals surface area contributed by atoms with Crippen LogP contribution < -0.4 is 5.32 Å². The van der Waals surface area contributed by atoms with Crippen LogP contribution in [0.3, 0.4) is 0 Å². The third kappa shape index (κ3) is 4.88. The number of aliphatic carboxylic acids is 1. The zero-order valence-electron chi connectivity index (χ0n) is 14.5. The molecule has 26 heavy (non-hydrogen) atoms. The maximum absolute atomic E-state index is 12.0. The first kappa shape index (κ1) is 22.7. The zero-order chi connectivity index (χ0) is 20.2. The molecule has 1 aliphatic rings. The Morgan fingerprint density at radius 3 is 2.15 bits per heavy atom. The van der Waals surface area contributed by atoms with Gasteiger partial charge in [0.15, 0.2) is 0 Å². The summed E-state index contributed by atoms with van der Waals surface area (Å²) in [5, 5.41) is 69.3. The molecule has 0 spiro atoms. The largest absolute Gasteiger partial charge is 0.481 e. The predicted molar refractivity (Wildman–Crippen MR) is 84.8 cm³/mol. The van der Waals surface area contributed by atoms with E-state index in [1.807, 2.05) is 0 Å². The Labute approximate surface area is 149 Å². The third-order valence-corrected chi connectivity index (χ3v) is 4.54. The SMILES string of the molecule is CC(C)(CO)C(O)C(=O)NCC(C(=O)O)C1O[C@H](CO)[C@@H](O)[C@H](O)[C@H]1O. The topological polar surface area (TPSA) is 197 Å². The molecule has 8 N–H and O–H groups in total. The number of amides is 1. The van der Waals surface area contributed by atoms with Gasteiger partial charge in [-0.1, -0.05) is 13.8 Å². The molecule has 1 heterocycles. The third-order valence-electron chi connectivity index (χ3n) is 4.54. The molecule has 0 aromatic rings. The van der Waals surface area contributed by atoms with Crippen LogP contribution in [0.5, 0.6) is 0 Å². The molecule has 0 aliphatic carbocycles. The van der Waals surface area contributed by atoms with E-state index in [-0.39, 0.29) is 0 Å². The van der Waals surface area contributed by atoms with E-state index in [0.29, 0.717) is 0 Å². The Bertz CT molecular complexity index is 497. The molecule has 1 fully saturated rings. The minimum Gasteiger partial charge on any atom is -0.481 e. The number of hydrogen-bond donors (Lipinski definition) is 8. The molecule has 3 unspecified atom stereocenters. The van der Waals surface area contributed by atoms with Crippen LogP contribution in [-0.2, 0) is 14.3 Å². The van der Waals surface area contributed by atoms with E-state index in [9.17, 15) is 35.1 Å². The van der Waals surface area contributed by atoms with Crippen molar-refractivity contribution in [3.8, 4) is 0 Å². The van der Waals surface area contributed by atoms with Crippen LogP contribution in [0.15, 0.2) is 0 Å². The van der Waals surface area contributed by atoms with Gasteiger partial charge in [-0.3, -0.25) is 9.59 Å². The first-order valence-electron chi connectivity index (χ1n) is 8.07. The molecule has 152 valence electrons. The van der Waals surface area contributed by atoms with Crippen molar-refractivity contribution in [2.24, 2.45) is 11.3 Å². The molecule has 1 rings (SSSR count). The van der Waals surface area contributed by atoms with Gasteiger partial charge in [0.05, 0.1) is 13.2 Å². The lowest BCUT2D eigenvalue weighted by atomic mass is 9.86. The minimum absolute atomic E-state index is 0.489. The number of ether oxygens (including phenoxy) is 1. The molecule has 1 aliphatic heterocycles. The molecular weight excluding hydrogens is 354 g/mol. The molecule has 0 aromatic carbocycles. The highest BCUT2D eigenvalue weighted by molar-refractivity contribution is 5.82. The normalized spacial score (nSPS) is 31.9. The summed E-state index contributed by atoms with van der Waals surface area (Å²) in [6, 6.07) is 0. The summed E-state index contributed by atoms with van der Waals surface area (Å²) in [6.45, 7) is 1.10. The Morgan fingerprint density at radius 1 is 1.12 bits per heavy atom. The minimum atomic E-state index is -1.77. The van der Waals surface area contributed by atoms with Gasteiger partial charge in [-0.25, -0.2) is 0 Å². The molecule has 1 saturated heterocycles. The van der Waals surface area contributed by atoms with E-state index in [2.05, 4.69) is 5.32 Å². The van der Waals surface area contributed by atoms with Crippen LogP contribution in [0.4, 0.5) is 0 Å². The molecule has 0 aromatic heterocycles. The Balaban J connectivity index is 2.86. The number of carbonyl (C=O) groups excluding carboxylic acids is 1. The van der Waals surface area contributed by atoms with Crippen molar-refractivity contribution in [3.05, 3.63) is 0 Å². The second-order valence-corrected chi connectivity index (χ2v) is 7.03. The number of rotatable bonds is 8. The molecule has 7 atom stereocenters. The van der Waals surface area contributed by atoms with Gasteiger partial charge in [0, 0.05) is 12.0 Å². The first-order chi connectivity index (χ1) is 12.0. The number of carbonyl (C=O) groups is 2. The summed E-state index contributed by atoms with van der Waals surface area (Å²) in [6.07, 6.45) is -9.58. The fourth-order valence-corrected chi connectivity index (χ4v) is 2.56. The summed E-state index contributed by atoms with van der Waals surface area (Å²) in [7, 11) is 0. The second kappa shape index (κ2) is 9.04. The highest BCUT2D eigenvalue weighted by Gasteiger charge is 2.48. The van der Waals surface area contributed by atoms with E-state index >= 15 is 0 Å². The molecule has 0 radical (unpaired) electrons. The lowest BCUT2D eigenvalue weighted by Crippen LogP contribution is -2.62. The van der Waals surface area contributed by atoms with Gasteiger partial charge in [0.2, 0.25) is 5.91 Å². The van der Waals surface area contributed by atoms with Gasteiger partial charge >= 0.3 is 5.97 Å². The fourth-order valence-electron chi connectivity index (χ4n) is 2.56. The van der Waals surface area contributed by atoms with Crippen molar-refractivity contribution in [1.29, 1.82) is 0 Å². The second-order valence-electron chi connectivity index (χ2n) is 7.03. The molecule has 0 saturated carbocycles. The summed E-state index contributed by atoms with van der Waals surface area (Å²) < 4.78 is 5.19. The van der Waals surface area contributed by atoms with Crippen molar-refractivity contribution in [1.82, 2.24) is 5.32 Å². The van der Waals surface area contributed by atoms with Crippen LogP contribution in [0.25, 0.3) is 0 Å². The Kier molecular flexibility index (Phi) is 7.89. The summed E-state index contributed by atoms with van der Waals surface area (Å²) >= 11 is 0. The monoisotopic (exact) mass is 381 g/mol. The van der Waals surface area contributed by atoms with Crippen molar-refractivity contribution >= 4 is 11.9 Å². The van der Waals surface area contributed by atoms with Gasteiger partial charge in [-0.2, -0.15) is 0 Å².